The van der Waals surface area contributed by atoms with E-state index in [1.165, 1.54) is 6.07 Å². The van der Waals surface area contributed by atoms with E-state index >= 15 is 0 Å². The fourth-order valence-electron chi connectivity index (χ4n) is 0.923. The summed E-state index contributed by atoms with van der Waals surface area (Å²) in [4.78, 5) is 11.4. The summed E-state index contributed by atoms with van der Waals surface area (Å²) >= 11 is 11.2. The van der Waals surface area contributed by atoms with Crippen LogP contribution in [0.25, 0.3) is 0 Å². The number of nitrogens with one attached hydrogen (secondary N) is 1. The Hall–Kier alpha value is -1.24. The van der Waals surface area contributed by atoms with Gasteiger partial charge in [0.25, 0.3) is 5.91 Å². The summed E-state index contributed by atoms with van der Waals surface area (Å²) < 4.78 is 13.0. The summed E-state index contributed by atoms with van der Waals surface area (Å²) in [7, 11) is 0. The lowest BCUT2D eigenvalue weighted by molar-refractivity contribution is 0.0958. The van der Waals surface area contributed by atoms with Gasteiger partial charge in [0.1, 0.15) is 5.82 Å². The topological polar surface area (TPSA) is 29.1 Å². The van der Waals surface area contributed by atoms with Crippen molar-refractivity contribution in [2.45, 2.75) is 0 Å². The molecular formula is C10H6Cl2FNO. The highest BCUT2D eigenvalue weighted by atomic mass is 35.5. The van der Waals surface area contributed by atoms with Crippen LogP contribution >= 0.6 is 23.2 Å². The molecule has 0 aliphatic carbocycles. The number of halogens is 3. The molecule has 5 heteroatoms. The third kappa shape index (κ3) is 2.85. The average molecular weight is 246 g/mol. The average Bonchev–Trinajstić information content (AvgIpc) is 2.20. The zero-order valence-corrected chi connectivity index (χ0v) is 8.99. The standard InChI is InChI=1S/C10H6Cl2FNO/c1-2-3-14-10(15)6-4-9(13)8(12)5-7(6)11/h1,4-5H,3H2,(H,14,15). The maximum Gasteiger partial charge on any atom is 0.253 e. The van der Waals surface area contributed by atoms with Gasteiger partial charge in [0.2, 0.25) is 0 Å². The van der Waals surface area contributed by atoms with E-state index in [1.54, 1.807) is 0 Å². The van der Waals surface area contributed by atoms with Gasteiger partial charge in [-0.3, -0.25) is 4.79 Å². The molecular weight excluding hydrogens is 240 g/mol. The third-order valence-corrected chi connectivity index (χ3v) is 2.21. The van der Waals surface area contributed by atoms with Crippen LogP contribution in [-0.4, -0.2) is 12.5 Å². The van der Waals surface area contributed by atoms with Crippen LogP contribution in [0.1, 0.15) is 10.4 Å². The Morgan fingerprint density at radius 3 is 2.73 bits per heavy atom. The van der Waals surface area contributed by atoms with E-state index in [2.05, 4.69) is 11.2 Å². The molecule has 2 nitrogen and oxygen atoms in total. The normalized spacial score (nSPS) is 9.47. The summed E-state index contributed by atoms with van der Waals surface area (Å²) in [6, 6.07) is 2.14. The van der Waals surface area contributed by atoms with E-state index in [0.717, 1.165) is 6.07 Å². The van der Waals surface area contributed by atoms with Gasteiger partial charge in [0, 0.05) is 0 Å². The van der Waals surface area contributed by atoms with Gasteiger partial charge in [-0.1, -0.05) is 29.1 Å². The van der Waals surface area contributed by atoms with Crippen LogP contribution in [-0.2, 0) is 0 Å². The summed E-state index contributed by atoms with van der Waals surface area (Å²) in [5, 5.41) is 2.32. The molecule has 0 aliphatic rings. The number of hydrogen-bond acceptors (Lipinski definition) is 1. The first kappa shape index (κ1) is 11.8. The lowest BCUT2D eigenvalue weighted by Crippen LogP contribution is -2.23. The van der Waals surface area contributed by atoms with Crippen molar-refractivity contribution in [3.05, 3.63) is 33.6 Å². The second-order valence-electron chi connectivity index (χ2n) is 2.63. The maximum atomic E-state index is 13.0. The number of hydrogen-bond donors (Lipinski definition) is 1. The van der Waals surface area contributed by atoms with Gasteiger partial charge in [0.15, 0.2) is 0 Å². The maximum absolute atomic E-state index is 13.0. The highest BCUT2D eigenvalue weighted by Gasteiger charge is 2.13. The van der Waals surface area contributed by atoms with Crippen LogP contribution in [0.4, 0.5) is 4.39 Å². The molecule has 0 fully saturated rings. The van der Waals surface area contributed by atoms with Crippen molar-refractivity contribution in [3.63, 3.8) is 0 Å². The number of carbonyl (C=O) groups excluding carboxylic acids is 1. The molecule has 1 N–H and O–H groups in total. The fraction of sp³-hybridized carbons (Fsp3) is 0.100. The molecule has 0 aliphatic heterocycles. The lowest BCUT2D eigenvalue weighted by atomic mass is 10.2. The van der Waals surface area contributed by atoms with Crippen molar-refractivity contribution in [1.29, 1.82) is 0 Å². The Morgan fingerprint density at radius 1 is 1.47 bits per heavy atom. The predicted octanol–water partition coefficient (Wildman–Crippen LogP) is 2.50. The van der Waals surface area contributed by atoms with Crippen LogP contribution in [0.2, 0.25) is 10.0 Å². The van der Waals surface area contributed by atoms with Crippen LogP contribution in [0.5, 0.6) is 0 Å². The molecule has 0 aromatic heterocycles. The molecule has 78 valence electrons. The van der Waals surface area contributed by atoms with E-state index in [4.69, 9.17) is 29.6 Å². The quantitative estimate of drug-likeness (QED) is 0.630. The van der Waals surface area contributed by atoms with Crippen LogP contribution in [0, 0.1) is 18.2 Å². The minimum Gasteiger partial charge on any atom is -0.341 e. The highest BCUT2D eigenvalue weighted by Crippen LogP contribution is 2.24. The molecule has 0 radical (unpaired) electrons. The fourth-order valence-corrected chi connectivity index (χ4v) is 1.39. The molecule has 0 spiro atoms. The lowest BCUT2D eigenvalue weighted by Gasteiger charge is -2.05. The van der Waals surface area contributed by atoms with Crippen molar-refractivity contribution < 1.29 is 9.18 Å². The highest BCUT2D eigenvalue weighted by molar-refractivity contribution is 6.36. The Kier molecular flexibility index (Phi) is 3.96. The van der Waals surface area contributed by atoms with Crippen molar-refractivity contribution in [1.82, 2.24) is 5.32 Å². The molecule has 0 saturated carbocycles. The summed E-state index contributed by atoms with van der Waals surface area (Å²) in [5.74, 6) is 0.983. The van der Waals surface area contributed by atoms with Gasteiger partial charge in [0.05, 0.1) is 22.2 Å². The number of carbonyl (C=O) groups is 1. The summed E-state index contributed by atoms with van der Waals surface area (Å²) in [6.45, 7) is 0.0550. The first-order valence-electron chi connectivity index (χ1n) is 3.92. The molecule has 15 heavy (non-hydrogen) atoms. The molecule has 1 rings (SSSR count). The van der Waals surface area contributed by atoms with Gasteiger partial charge in [-0.15, -0.1) is 6.42 Å². The minimum atomic E-state index is -0.702. The summed E-state index contributed by atoms with van der Waals surface area (Å²) in [5.41, 5.74) is 0.00816. The van der Waals surface area contributed by atoms with Crippen LogP contribution in [0.15, 0.2) is 12.1 Å². The SMILES string of the molecule is C#CCNC(=O)c1cc(F)c(Cl)cc1Cl. The minimum absolute atomic E-state index is 0.00816. The smallest absolute Gasteiger partial charge is 0.253 e. The predicted molar refractivity (Wildman–Crippen MR) is 57.6 cm³/mol. The number of benzene rings is 1. The van der Waals surface area contributed by atoms with E-state index in [9.17, 15) is 9.18 Å². The van der Waals surface area contributed by atoms with Gasteiger partial charge >= 0.3 is 0 Å². The monoisotopic (exact) mass is 245 g/mol. The molecule has 1 amide bonds. The molecule has 1 aromatic carbocycles. The Balaban J connectivity index is 3.00. The van der Waals surface area contributed by atoms with Gasteiger partial charge in [-0.2, -0.15) is 0 Å². The zero-order valence-electron chi connectivity index (χ0n) is 7.48. The van der Waals surface area contributed by atoms with Gasteiger partial charge in [-0.25, -0.2) is 4.39 Å². The third-order valence-electron chi connectivity index (χ3n) is 1.61. The van der Waals surface area contributed by atoms with E-state index < -0.39 is 11.7 Å². The van der Waals surface area contributed by atoms with E-state index in [1.807, 2.05) is 0 Å². The van der Waals surface area contributed by atoms with Crippen molar-refractivity contribution in [2.24, 2.45) is 0 Å². The van der Waals surface area contributed by atoms with Crippen molar-refractivity contribution in [2.75, 3.05) is 6.54 Å². The van der Waals surface area contributed by atoms with Crippen LogP contribution in [0.3, 0.4) is 0 Å². The van der Waals surface area contributed by atoms with Crippen LogP contribution < -0.4 is 5.32 Å². The molecule has 0 saturated heterocycles. The Morgan fingerprint density at radius 2 is 2.13 bits per heavy atom. The van der Waals surface area contributed by atoms with Crippen molar-refractivity contribution in [3.8, 4) is 12.3 Å². The summed E-state index contributed by atoms with van der Waals surface area (Å²) in [6.07, 6.45) is 4.95. The first-order valence-corrected chi connectivity index (χ1v) is 4.68. The number of terminal acetylenes is 1. The molecule has 0 atom stereocenters. The van der Waals surface area contributed by atoms with Crippen molar-refractivity contribution >= 4 is 29.1 Å². The van der Waals surface area contributed by atoms with E-state index in [-0.39, 0.29) is 22.2 Å². The zero-order chi connectivity index (χ0) is 11.4. The van der Waals surface area contributed by atoms with E-state index in [0.29, 0.717) is 0 Å². The molecule has 0 unspecified atom stereocenters. The second kappa shape index (κ2) is 5.01. The Bertz CT molecular complexity index is 440. The first-order chi connectivity index (χ1) is 7.06. The second-order valence-corrected chi connectivity index (χ2v) is 3.45. The number of amides is 1. The molecule has 0 bridgehead atoms. The molecule has 1 aromatic rings. The van der Waals surface area contributed by atoms with Gasteiger partial charge in [-0.05, 0) is 12.1 Å². The Labute approximate surface area is 96.4 Å². The largest absolute Gasteiger partial charge is 0.341 e. The number of rotatable bonds is 2. The van der Waals surface area contributed by atoms with Gasteiger partial charge < -0.3 is 5.32 Å². The molecule has 0 heterocycles.